The second kappa shape index (κ2) is 7.70. The van der Waals surface area contributed by atoms with E-state index in [1.54, 1.807) is 13.3 Å². The van der Waals surface area contributed by atoms with E-state index in [4.69, 9.17) is 9.15 Å². The maximum Gasteiger partial charge on any atom is 0.250 e. The molecule has 1 aromatic carbocycles. The maximum atomic E-state index is 11.7. The lowest BCUT2D eigenvalue weighted by molar-refractivity contribution is -0.118. The van der Waals surface area contributed by atoms with Crippen molar-refractivity contribution in [1.82, 2.24) is 5.43 Å². The fourth-order valence-electron chi connectivity index (χ4n) is 1.81. The highest BCUT2D eigenvalue weighted by atomic mass is 32.2. The normalized spacial score (nSPS) is 10.9. The Bertz CT molecular complexity index is 663. The molecule has 0 saturated heterocycles. The minimum atomic E-state index is -0.157. The fourth-order valence-corrected chi connectivity index (χ4v) is 2.50. The molecule has 6 heteroatoms. The van der Waals surface area contributed by atoms with Crippen LogP contribution in [-0.2, 0) is 4.79 Å². The van der Waals surface area contributed by atoms with Crippen LogP contribution in [0.15, 0.2) is 44.7 Å². The molecule has 0 aliphatic carbocycles. The summed E-state index contributed by atoms with van der Waals surface area (Å²) >= 11 is 1.44. The number of carbonyl (C=O) groups excluding carboxylic acids is 1. The molecule has 0 radical (unpaired) electrons. The highest BCUT2D eigenvalue weighted by Gasteiger charge is 2.03. The van der Waals surface area contributed by atoms with Crippen LogP contribution in [0.5, 0.6) is 5.75 Å². The number of hydrogen-bond acceptors (Lipinski definition) is 5. The second-order valence-electron chi connectivity index (χ2n) is 4.63. The lowest BCUT2D eigenvalue weighted by Gasteiger charge is -2.02. The van der Waals surface area contributed by atoms with Gasteiger partial charge in [-0.05, 0) is 44.2 Å². The van der Waals surface area contributed by atoms with E-state index in [9.17, 15) is 4.79 Å². The number of furan rings is 1. The van der Waals surface area contributed by atoms with Gasteiger partial charge in [0.15, 0.2) is 0 Å². The summed E-state index contributed by atoms with van der Waals surface area (Å²) < 4.78 is 10.5. The molecular weight excluding hydrogens is 300 g/mol. The molecule has 0 fully saturated rings. The monoisotopic (exact) mass is 318 g/mol. The van der Waals surface area contributed by atoms with Gasteiger partial charge in [0.25, 0.3) is 0 Å². The molecule has 2 aromatic rings. The number of nitrogens with one attached hydrogen (secondary N) is 1. The van der Waals surface area contributed by atoms with Crippen LogP contribution in [0.25, 0.3) is 0 Å². The number of benzene rings is 1. The summed E-state index contributed by atoms with van der Waals surface area (Å²) in [4.78, 5) is 12.7. The third-order valence-corrected chi connectivity index (χ3v) is 3.91. The molecule has 0 spiro atoms. The third kappa shape index (κ3) is 4.66. The van der Waals surface area contributed by atoms with Crippen molar-refractivity contribution in [3.8, 4) is 5.75 Å². The highest BCUT2D eigenvalue weighted by Crippen LogP contribution is 2.20. The van der Waals surface area contributed by atoms with E-state index in [0.29, 0.717) is 5.75 Å². The SMILES string of the molecule is COc1ccc(SCC(=O)N/N=C\c2cc(C)oc2C)cc1. The number of amides is 1. The summed E-state index contributed by atoms with van der Waals surface area (Å²) in [5.41, 5.74) is 3.37. The molecule has 0 aliphatic heterocycles. The number of thioether (sulfide) groups is 1. The van der Waals surface area contributed by atoms with E-state index in [1.165, 1.54) is 11.8 Å². The Morgan fingerprint density at radius 2 is 2.09 bits per heavy atom. The van der Waals surface area contributed by atoms with Gasteiger partial charge in [-0.1, -0.05) is 0 Å². The number of ether oxygens (including phenoxy) is 1. The molecular formula is C16H18N2O3S. The first-order chi connectivity index (χ1) is 10.6. The van der Waals surface area contributed by atoms with E-state index in [-0.39, 0.29) is 5.91 Å². The predicted molar refractivity (Wildman–Crippen MR) is 87.6 cm³/mol. The van der Waals surface area contributed by atoms with Crippen molar-refractivity contribution in [3.63, 3.8) is 0 Å². The molecule has 0 atom stereocenters. The standard InChI is InChI=1S/C16H18N2O3S/c1-11-8-13(12(2)21-11)9-17-18-16(19)10-22-15-6-4-14(20-3)5-7-15/h4-9H,10H2,1-3H3,(H,18,19)/b17-9-. The molecule has 1 N–H and O–H groups in total. The summed E-state index contributed by atoms with van der Waals surface area (Å²) in [7, 11) is 1.62. The first-order valence-electron chi connectivity index (χ1n) is 6.74. The van der Waals surface area contributed by atoms with Gasteiger partial charge < -0.3 is 9.15 Å². The summed E-state index contributed by atoms with van der Waals surface area (Å²) in [6, 6.07) is 9.43. The van der Waals surface area contributed by atoms with Gasteiger partial charge in [0, 0.05) is 10.5 Å². The van der Waals surface area contributed by atoms with Crippen molar-refractivity contribution in [1.29, 1.82) is 0 Å². The summed E-state index contributed by atoms with van der Waals surface area (Å²) in [6.45, 7) is 3.73. The van der Waals surface area contributed by atoms with Crippen molar-refractivity contribution >= 4 is 23.9 Å². The van der Waals surface area contributed by atoms with E-state index in [2.05, 4.69) is 10.5 Å². The number of nitrogens with zero attached hydrogens (tertiary/aromatic N) is 1. The summed E-state index contributed by atoms with van der Waals surface area (Å²) in [6.07, 6.45) is 1.59. The van der Waals surface area contributed by atoms with E-state index < -0.39 is 0 Å². The fraction of sp³-hybridized carbons (Fsp3) is 0.250. The van der Waals surface area contributed by atoms with Gasteiger partial charge in [-0.15, -0.1) is 11.8 Å². The van der Waals surface area contributed by atoms with Crippen molar-refractivity contribution < 1.29 is 13.9 Å². The largest absolute Gasteiger partial charge is 0.497 e. The molecule has 0 unspecified atom stereocenters. The summed E-state index contributed by atoms with van der Waals surface area (Å²) in [5.74, 6) is 2.54. The van der Waals surface area contributed by atoms with Crippen LogP contribution in [-0.4, -0.2) is 25.0 Å². The number of aryl methyl sites for hydroxylation is 2. The van der Waals surface area contributed by atoms with Crippen LogP contribution in [0, 0.1) is 13.8 Å². The summed E-state index contributed by atoms with van der Waals surface area (Å²) in [5, 5.41) is 3.94. The van der Waals surface area contributed by atoms with Gasteiger partial charge >= 0.3 is 0 Å². The Labute approximate surface area is 133 Å². The quantitative estimate of drug-likeness (QED) is 0.505. The molecule has 22 heavy (non-hydrogen) atoms. The molecule has 1 aromatic heterocycles. The molecule has 5 nitrogen and oxygen atoms in total. The highest BCUT2D eigenvalue weighted by molar-refractivity contribution is 8.00. The van der Waals surface area contributed by atoms with Crippen LogP contribution >= 0.6 is 11.8 Å². The number of hydrazone groups is 1. The lowest BCUT2D eigenvalue weighted by Crippen LogP contribution is -2.19. The van der Waals surface area contributed by atoms with E-state index >= 15 is 0 Å². The van der Waals surface area contributed by atoms with Crippen LogP contribution in [0.1, 0.15) is 17.1 Å². The van der Waals surface area contributed by atoms with Crippen molar-refractivity contribution in [2.24, 2.45) is 5.10 Å². The Balaban J connectivity index is 1.79. The number of hydrogen-bond donors (Lipinski definition) is 1. The zero-order chi connectivity index (χ0) is 15.9. The first kappa shape index (κ1) is 16.2. The second-order valence-corrected chi connectivity index (χ2v) is 5.67. The number of methoxy groups -OCH3 is 1. The lowest BCUT2D eigenvalue weighted by atomic mass is 10.3. The molecule has 1 heterocycles. The van der Waals surface area contributed by atoms with Crippen LogP contribution < -0.4 is 10.2 Å². The minimum absolute atomic E-state index is 0.157. The van der Waals surface area contributed by atoms with Crippen LogP contribution in [0.4, 0.5) is 0 Å². The molecule has 1 amide bonds. The minimum Gasteiger partial charge on any atom is -0.497 e. The molecule has 0 saturated carbocycles. The maximum absolute atomic E-state index is 11.7. The van der Waals surface area contributed by atoms with E-state index in [0.717, 1.165) is 27.7 Å². The Hall–Kier alpha value is -2.21. The van der Waals surface area contributed by atoms with Gasteiger partial charge in [-0.3, -0.25) is 4.79 Å². The molecule has 0 bridgehead atoms. The van der Waals surface area contributed by atoms with Gasteiger partial charge in [0.2, 0.25) is 5.91 Å². The Morgan fingerprint density at radius 1 is 1.36 bits per heavy atom. The topological polar surface area (TPSA) is 63.8 Å². The van der Waals surface area contributed by atoms with E-state index in [1.807, 2.05) is 44.2 Å². The number of carbonyl (C=O) groups is 1. The Kier molecular flexibility index (Phi) is 5.66. The molecule has 116 valence electrons. The zero-order valence-electron chi connectivity index (χ0n) is 12.8. The number of rotatable bonds is 6. The molecule has 2 rings (SSSR count). The van der Waals surface area contributed by atoms with Gasteiger partial charge in [0.05, 0.1) is 19.1 Å². The van der Waals surface area contributed by atoms with Crippen molar-refractivity contribution in [2.45, 2.75) is 18.7 Å². The van der Waals surface area contributed by atoms with Gasteiger partial charge in [0.1, 0.15) is 17.3 Å². The van der Waals surface area contributed by atoms with Crippen molar-refractivity contribution in [2.75, 3.05) is 12.9 Å². The Morgan fingerprint density at radius 3 is 2.68 bits per heavy atom. The smallest absolute Gasteiger partial charge is 0.250 e. The average Bonchev–Trinajstić information content (AvgIpc) is 2.83. The van der Waals surface area contributed by atoms with Gasteiger partial charge in [-0.25, -0.2) is 5.43 Å². The van der Waals surface area contributed by atoms with Crippen LogP contribution in [0.2, 0.25) is 0 Å². The third-order valence-electron chi connectivity index (χ3n) is 2.90. The average molecular weight is 318 g/mol. The predicted octanol–water partition coefficient (Wildman–Crippen LogP) is 3.15. The first-order valence-corrected chi connectivity index (χ1v) is 7.73. The molecule has 0 aliphatic rings. The zero-order valence-corrected chi connectivity index (χ0v) is 13.6. The van der Waals surface area contributed by atoms with Crippen LogP contribution in [0.3, 0.4) is 0 Å². The van der Waals surface area contributed by atoms with Crippen molar-refractivity contribution in [3.05, 3.63) is 47.4 Å². The van der Waals surface area contributed by atoms with Gasteiger partial charge in [-0.2, -0.15) is 5.10 Å².